The van der Waals surface area contributed by atoms with E-state index in [0.717, 1.165) is 64.9 Å². The molecule has 6 heteroatoms. The third-order valence-electron chi connectivity index (χ3n) is 4.37. The van der Waals surface area contributed by atoms with Gasteiger partial charge in [0.2, 0.25) is 0 Å². The predicted octanol–water partition coefficient (Wildman–Crippen LogP) is 3.41. The molecule has 1 saturated heterocycles. The highest BCUT2D eigenvalue weighted by Crippen LogP contribution is 2.14. The van der Waals surface area contributed by atoms with Crippen molar-refractivity contribution < 1.29 is 9.47 Å². The second-order valence-corrected chi connectivity index (χ2v) is 6.62. The Morgan fingerprint density at radius 1 is 1.31 bits per heavy atom. The molecular weight excluding hydrogens is 441 g/mol. The van der Waals surface area contributed by atoms with Crippen LogP contribution in [0.2, 0.25) is 0 Å². The monoisotopic (exact) mass is 475 g/mol. The summed E-state index contributed by atoms with van der Waals surface area (Å²) >= 11 is 0. The van der Waals surface area contributed by atoms with Crippen molar-refractivity contribution in [1.29, 1.82) is 0 Å². The number of rotatable bonds is 10. The largest absolute Gasteiger partial charge is 0.381 e. The molecule has 0 amide bonds. The van der Waals surface area contributed by atoms with Gasteiger partial charge in [0.25, 0.3) is 0 Å². The van der Waals surface area contributed by atoms with Crippen LogP contribution in [0.3, 0.4) is 0 Å². The van der Waals surface area contributed by atoms with E-state index in [9.17, 15) is 0 Å². The SMILES string of the molecule is CCNC(=NCC(C)c1ccccc1)NCCCOCC1CCOC1.I. The molecule has 0 radical (unpaired) electrons. The maximum Gasteiger partial charge on any atom is 0.191 e. The normalized spacial score (nSPS) is 18.2. The fourth-order valence-corrected chi connectivity index (χ4v) is 2.80. The van der Waals surface area contributed by atoms with Crippen LogP contribution >= 0.6 is 24.0 Å². The number of aliphatic imine (C=N–C) groups is 1. The molecule has 5 nitrogen and oxygen atoms in total. The molecule has 1 fully saturated rings. The zero-order valence-electron chi connectivity index (χ0n) is 16.1. The molecule has 0 aliphatic carbocycles. The van der Waals surface area contributed by atoms with Gasteiger partial charge in [0.1, 0.15) is 0 Å². The molecule has 26 heavy (non-hydrogen) atoms. The van der Waals surface area contributed by atoms with Crippen molar-refractivity contribution >= 4 is 29.9 Å². The molecule has 2 atom stereocenters. The van der Waals surface area contributed by atoms with Crippen molar-refractivity contribution in [2.45, 2.75) is 32.6 Å². The summed E-state index contributed by atoms with van der Waals surface area (Å²) < 4.78 is 11.1. The highest BCUT2D eigenvalue weighted by atomic mass is 127. The zero-order valence-corrected chi connectivity index (χ0v) is 18.4. The van der Waals surface area contributed by atoms with Gasteiger partial charge in [0.05, 0.1) is 13.2 Å². The average Bonchev–Trinajstić information content (AvgIpc) is 3.16. The summed E-state index contributed by atoms with van der Waals surface area (Å²) in [5.74, 6) is 1.88. The molecule has 1 aromatic carbocycles. The Labute approximate surface area is 175 Å². The quantitative estimate of drug-likeness (QED) is 0.236. The van der Waals surface area contributed by atoms with Crippen LogP contribution in [-0.4, -0.2) is 52.0 Å². The molecule has 148 valence electrons. The van der Waals surface area contributed by atoms with Gasteiger partial charge in [-0.15, -0.1) is 24.0 Å². The van der Waals surface area contributed by atoms with Gasteiger partial charge < -0.3 is 20.1 Å². The van der Waals surface area contributed by atoms with Gasteiger partial charge in [-0.25, -0.2) is 0 Å². The highest BCUT2D eigenvalue weighted by Gasteiger charge is 2.15. The van der Waals surface area contributed by atoms with E-state index in [1.807, 2.05) is 6.07 Å². The molecule has 2 unspecified atom stereocenters. The van der Waals surface area contributed by atoms with Crippen LogP contribution in [0.5, 0.6) is 0 Å². The van der Waals surface area contributed by atoms with E-state index in [0.29, 0.717) is 11.8 Å². The van der Waals surface area contributed by atoms with Crippen LogP contribution in [-0.2, 0) is 9.47 Å². The summed E-state index contributed by atoms with van der Waals surface area (Å²) in [6.45, 7) is 10.2. The van der Waals surface area contributed by atoms with Crippen molar-refractivity contribution in [1.82, 2.24) is 10.6 Å². The Hall–Kier alpha value is -0.860. The smallest absolute Gasteiger partial charge is 0.191 e. The molecule has 2 rings (SSSR count). The van der Waals surface area contributed by atoms with Gasteiger partial charge in [-0.2, -0.15) is 0 Å². The fraction of sp³-hybridized carbons (Fsp3) is 0.650. The van der Waals surface area contributed by atoms with Crippen molar-refractivity contribution in [3.8, 4) is 0 Å². The standard InChI is InChI=1S/C20H33N3O2.HI/c1-3-21-20(23-14-17(2)19-8-5-4-6-9-19)22-11-7-12-24-15-18-10-13-25-16-18;/h4-6,8-9,17-18H,3,7,10-16H2,1-2H3,(H2,21,22,23);1H. The molecule has 1 aliphatic rings. The molecule has 0 saturated carbocycles. The Morgan fingerprint density at radius 2 is 2.12 bits per heavy atom. The number of nitrogens with one attached hydrogen (secondary N) is 2. The summed E-state index contributed by atoms with van der Waals surface area (Å²) in [5.41, 5.74) is 1.33. The van der Waals surface area contributed by atoms with Gasteiger partial charge in [-0.3, -0.25) is 4.99 Å². The Balaban J connectivity index is 0.00000338. The zero-order chi connectivity index (χ0) is 17.7. The third-order valence-corrected chi connectivity index (χ3v) is 4.37. The lowest BCUT2D eigenvalue weighted by molar-refractivity contribution is 0.0888. The molecule has 1 heterocycles. The van der Waals surface area contributed by atoms with Gasteiger partial charge in [0.15, 0.2) is 5.96 Å². The number of hydrogen-bond donors (Lipinski definition) is 2. The third kappa shape index (κ3) is 9.19. The molecule has 1 aliphatic heterocycles. The molecule has 0 bridgehead atoms. The van der Waals surface area contributed by atoms with Crippen LogP contribution < -0.4 is 10.6 Å². The van der Waals surface area contributed by atoms with Crippen molar-refractivity contribution in [2.24, 2.45) is 10.9 Å². The summed E-state index contributed by atoms with van der Waals surface area (Å²) in [5, 5.41) is 6.70. The van der Waals surface area contributed by atoms with Gasteiger partial charge >= 0.3 is 0 Å². The lowest BCUT2D eigenvalue weighted by Crippen LogP contribution is -2.38. The van der Waals surface area contributed by atoms with E-state index in [4.69, 9.17) is 14.5 Å². The van der Waals surface area contributed by atoms with E-state index >= 15 is 0 Å². The van der Waals surface area contributed by atoms with Crippen molar-refractivity contribution in [3.05, 3.63) is 35.9 Å². The summed E-state index contributed by atoms with van der Waals surface area (Å²) in [7, 11) is 0. The minimum absolute atomic E-state index is 0. The maximum absolute atomic E-state index is 5.74. The number of hydrogen-bond acceptors (Lipinski definition) is 3. The maximum atomic E-state index is 5.74. The number of halogens is 1. The number of benzene rings is 1. The van der Waals surface area contributed by atoms with E-state index in [1.165, 1.54) is 5.56 Å². The minimum Gasteiger partial charge on any atom is -0.381 e. The summed E-state index contributed by atoms with van der Waals surface area (Å²) in [4.78, 5) is 4.71. The number of ether oxygens (including phenoxy) is 2. The lowest BCUT2D eigenvalue weighted by atomic mass is 10.0. The molecular formula is C20H34IN3O2. The Bertz CT molecular complexity index is 493. The van der Waals surface area contributed by atoms with E-state index in [-0.39, 0.29) is 24.0 Å². The van der Waals surface area contributed by atoms with E-state index in [1.54, 1.807) is 0 Å². The predicted molar refractivity (Wildman–Crippen MR) is 119 cm³/mol. The van der Waals surface area contributed by atoms with Crippen LogP contribution in [0.1, 0.15) is 38.2 Å². The Kier molecular flexibility index (Phi) is 12.7. The lowest BCUT2D eigenvalue weighted by Gasteiger charge is -2.14. The molecule has 0 aromatic heterocycles. The number of nitrogens with zero attached hydrogens (tertiary/aromatic N) is 1. The fourth-order valence-electron chi connectivity index (χ4n) is 2.80. The van der Waals surface area contributed by atoms with E-state index in [2.05, 4.69) is 48.7 Å². The molecule has 2 N–H and O–H groups in total. The van der Waals surface area contributed by atoms with Crippen LogP contribution in [0.4, 0.5) is 0 Å². The molecule has 1 aromatic rings. The van der Waals surface area contributed by atoms with Crippen LogP contribution in [0.15, 0.2) is 35.3 Å². The minimum atomic E-state index is 0. The first-order valence-corrected chi connectivity index (χ1v) is 9.52. The first-order valence-electron chi connectivity index (χ1n) is 9.52. The second-order valence-electron chi connectivity index (χ2n) is 6.62. The topological polar surface area (TPSA) is 54.9 Å². The summed E-state index contributed by atoms with van der Waals surface area (Å²) in [6, 6.07) is 10.5. The average molecular weight is 475 g/mol. The Morgan fingerprint density at radius 3 is 2.81 bits per heavy atom. The van der Waals surface area contributed by atoms with Crippen LogP contribution in [0, 0.1) is 5.92 Å². The van der Waals surface area contributed by atoms with Crippen LogP contribution in [0.25, 0.3) is 0 Å². The highest BCUT2D eigenvalue weighted by molar-refractivity contribution is 14.0. The summed E-state index contributed by atoms with van der Waals surface area (Å²) in [6.07, 6.45) is 2.11. The molecule has 0 spiro atoms. The first-order chi connectivity index (χ1) is 12.3. The second kappa shape index (κ2) is 14.2. The number of guanidine groups is 1. The van der Waals surface area contributed by atoms with Crippen molar-refractivity contribution in [2.75, 3.05) is 46.1 Å². The van der Waals surface area contributed by atoms with Gasteiger partial charge in [0, 0.05) is 44.7 Å². The first kappa shape index (κ1) is 23.2. The van der Waals surface area contributed by atoms with E-state index < -0.39 is 0 Å². The van der Waals surface area contributed by atoms with Gasteiger partial charge in [-0.05, 0) is 25.3 Å². The van der Waals surface area contributed by atoms with Crippen molar-refractivity contribution in [3.63, 3.8) is 0 Å². The van der Waals surface area contributed by atoms with Gasteiger partial charge in [-0.1, -0.05) is 37.3 Å².